The number of Topliss-reactive ketones (excluding diaryl/α,β-unsaturated/α-hetero) is 1. The molecule has 0 spiro atoms. The van der Waals surface area contributed by atoms with E-state index in [1.54, 1.807) is 0 Å². The van der Waals surface area contributed by atoms with E-state index >= 15 is 0 Å². The van der Waals surface area contributed by atoms with Gasteiger partial charge in [0.2, 0.25) is 0 Å². The maximum atomic E-state index is 12.4. The smallest absolute Gasteiger partial charge is 0.162 e. The van der Waals surface area contributed by atoms with Crippen molar-refractivity contribution in [3.05, 3.63) is 23.9 Å². The van der Waals surface area contributed by atoms with Crippen LogP contribution in [-0.2, 0) is 4.79 Å². The molecule has 2 unspecified atom stereocenters. The van der Waals surface area contributed by atoms with Crippen molar-refractivity contribution in [1.82, 2.24) is 10.2 Å². The Balaban J connectivity index is 1.43. The summed E-state index contributed by atoms with van der Waals surface area (Å²) in [6.07, 6.45) is 15.2. The molecular weight excluding hydrogens is 260 g/mol. The highest BCUT2D eigenvalue weighted by Crippen LogP contribution is 2.28. The van der Waals surface area contributed by atoms with E-state index < -0.39 is 0 Å². The molecule has 0 aromatic rings. The van der Waals surface area contributed by atoms with Crippen LogP contribution in [0.2, 0.25) is 0 Å². The van der Waals surface area contributed by atoms with Gasteiger partial charge in [0.15, 0.2) is 5.78 Å². The summed E-state index contributed by atoms with van der Waals surface area (Å²) in [6.45, 7) is 2.27. The van der Waals surface area contributed by atoms with E-state index in [0.29, 0.717) is 5.78 Å². The van der Waals surface area contributed by atoms with Gasteiger partial charge in [-0.25, -0.2) is 0 Å². The number of fused-ring (bicyclic) bond motifs is 1. The van der Waals surface area contributed by atoms with Crippen molar-refractivity contribution in [3.63, 3.8) is 0 Å². The summed E-state index contributed by atoms with van der Waals surface area (Å²) >= 11 is 0. The molecule has 0 saturated heterocycles. The van der Waals surface area contributed by atoms with E-state index in [4.69, 9.17) is 0 Å². The van der Waals surface area contributed by atoms with Gasteiger partial charge in [-0.1, -0.05) is 25.3 Å². The number of allylic oxidation sites excluding steroid dienone is 1. The molecule has 2 aliphatic carbocycles. The fourth-order valence-electron chi connectivity index (χ4n) is 4.03. The molecule has 0 aromatic carbocycles. The summed E-state index contributed by atoms with van der Waals surface area (Å²) in [5.41, 5.74) is 1.17. The van der Waals surface area contributed by atoms with E-state index in [2.05, 4.69) is 23.3 Å². The Morgan fingerprint density at radius 2 is 2.10 bits per heavy atom. The lowest BCUT2D eigenvalue weighted by Crippen LogP contribution is -2.40. The molecule has 3 aliphatic rings. The van der Waals surface area contributed by atoms with Crippen LogP contribution in [0.3, 0.4) is 0 Å². The first kappa shape index (κ1) is 14.8. The monoisotopic (exact) mass is 288 g/mol. The van der Waals surface area contributed by atoms with Gasteiger partial charge in [0.05, 0.1) is 0 Å². The van der Waals surface area contributed by atoms with Crippen molar-refractivity contribution in [2.75, 3.05) is 20.1 Å². The van der Waals surface area contributed by atoms with Crippen LogP contribution in [0.15, 0.2) is 23.9 Å². The minimum atomic E-state index is -0.0487. The van der Waals surface area contributed by atoms with E-state index in [0.717, 1.165) is 25.3 Å². The van der Waals surface area contributed by atoms with Gasteiger partial charge in [0.1, 0.15) is 6.04 Å². The zero-order valence-electron chi connectivity index (χ0n) is 13.2. The highest BCUT2D eigenvalue weighted by atomic mass is 16.1. The highest BCUT2D eigenvalue weighted by molar-refractivity contribution is 5.92. The molecule has 21 heavy (non-hydrogen) atoms. The first-order chi connectivity index (χ1) is 10.2. The average molecular weight is 288 g/mol. The molecular formula is C18H28N2O. The predicted molar refractivity (Wildman–Crippen MR) is 85.9 cm³/mol. The first-order valence-corrected chi connectivity index (χ1v) is 8.59. The number of hydrogen-bond donors (Lipinski definition) is 1. The largest absolute Gasteiger partial charge is 0.378 e. The van der Waals surface area contributed by atoms with Crippen molar-refractivity contribution in [2.45, 2.75) is 51.0 Å². The molecule has 1 saturated carbocycles. The summed E-state index contributed by atoms with van der Waals surface area (Å²) in [4.78, 5) is 14.9. The Kier molecular flexibility index (Phi) is 4.79. The van der Waals surface area contributed by atoms with Crippen LogP contribution in [0.5, 0.6) is 0 Å². The minimum absolute atomic E-state index is 0.0487. The van der Waals surface area contributed by atoms with E-state index in [1.165, 1.54) is 44.2 Å². The number of hydrogen-bond acceptors (Lipinski definition) is 3. The van der Waals surface area contributed by atoms with Crippen LogP contribution in [0, 0.1) is 11.8 Å². The number of carbonyl (C=O) groups is 1. The summed E-state index contributed by atoms with van der Waals surface area (Å²) in [7, 11) is 2.22. The second-order valence-electron chi connectivity index (χ2n) is 7.03. The van der Waals surface area contributed by atoms with Gasteiger partial charge in [0, 0.05) is 12.5 Å². The molecule has 0 radical (unpaired) electrons. The summed E-state index contributed by atoms with van der Waals surface area (Å²) in [5.74, 6) is 1.49. The van der Waals surface area contributed by atoms with Crippen LogP contribution in [0.4, 0.5) is 0 Å². The van der Waals surface area contributed by atoms with Crippen LogP contribution in [0.25, 0.3) is 0 Å². The standard InChI is InChI=1S/C18H28N2O/c1-20(13-14-5-3-2-4-6-14)12-10-16-8-7-15-9-11-19-17(15)18(16)21/h7,9,11,14,16-17,19H,2-6,8,10,12-13H2,1H3. The Morgan fingerprint density at radius 1 is 1.29 bits per heavy atom. The quantitative estimate of drug-likeness (QED) is 0.844. The predicted octanol–water partition coefficient (Wildman–Crippen LogP) is 2.89. The van der Waals surface area contributed by atoms with Crippen LogP contribution in [0.1, 0.15) is 44.9 Å². The van der Waals surface area contributed by atoms with Gasteiger partial charge >= 0.3 is 0 Å². The van der Waals surface area contributed by atoms with Crippen molar-refractivity contribution in [3.8, 4) is 0 Å². The number of nitrogens with one attached hydrogen (secondary N) is 1. The van der Waals surface area contributed by atoms with Gasteiger partial charge in [-0.3, -0.25) is 4.79 Å². The first-order valence-electron chi connectivity index (χ1n) is 8.59. The van der Waals surface area contributed by atoms with Crippen LogP contribution >= 0.6 is 0 Å². The Morgan fingerprint density at radius 3 is 2.90 bits per heavy atom. The fraction of sp³-hybridized carbons (Fsp3) is 0.722. The Hall–Kier alpha value is -1.09. The van der Waals surface area contributed by atoms with Gasteiger partial charge in [0.25, 0.3) is 0 Å². The van der Waals surface area contributed by atoms with Gasteiger partial charge in [-0.15, -0.1) is 0 Å². The van der Waals surface area contributed by atoms with E-state index in [9.17, 15) is 4.79 Å². The molecule has 0 bridgehead atoms. The highest BCUT2D eigenvalue weighted by Gasteiger charge is 2.33. The van der Waals surface area contributed by atoms with Gasteiger partial charge < -0.3 is 10.2 Å². The van der Waals surface area contributed by atoms with Crippen molar-refractivity contribution < 1.29 is 4.79 Å². The Labute approximate surface area is 128 Å². The second-order valence-corrected chi connectivity index (χ2v) is 7.03. The molecule has 0 aromatic heterocycles. The lowest BCUT2D eigenvalue weighted by molar-refractivity contribution is -0.124. The molecule has 1 fully saturated rings. The number of carbonyl (C=O) groups excluding carboxylic acids is 1. The molecule has 2 atom stereocenters. The lowest BCUT2D eigenvalue weighted by atomic mass is 9.83. The Bertz CT molecular complexity index is 434. The van der Waals surface area contributed by atoms with E-state index in [-0.39, 0.29) is 12.0 Å². The maximum absolute atomic E-state index is 12.4. The van der Waals surface area contributed by atoms with Crippen LogP contribution in [-0.4, -0.2) is 36.9 Å². The molecule has 1 heterocycles. The average Bonchev–Trinajstić information content (AvgIpc) is 2.97. The normalized spacial score (nSPS) is 29.4. The maximum Gasteiger partial charge on any atom is 0.162 e. The van der Waals surface area contributed by atoms with Crippen LogP contribution < -0.4 is 5.32 Å². The third-order valence-electron chi connectivity index (χ3n) is 5.35. The van der Waals surface area contributed by atoms with Crippen molar-refractivity contribution in [1.29, 1.82) is 0 Å². The van der Waals surface area contributed by atoms with Crippen molar-refractivity contribution in [2.24, 2.45) is 11.8 Å². The third-order valence-corrected chi connectivity index (χ3v) is 5.35. The zero-order chi connectivity index (χ0) is 14.7. The molecule has 3 heteroatoms. The summed E-state index contributed by atoms with van der Waals surface area (Å²) < 4.78 is 0. The molecule has 116 valence electrons. The molecule has 1 aliphatic heterocycles. The SMILES string of the molecule is CN(CCC1CC=C2C=CNC2C1=O)CC1CCCCC1. The lowest BCUT2D eigenvalue weighted by Gasteiger charge is -2.29. The number of nitrogens with zero attached hydrogens (tertiary/aromatic N) is 1. The number of ketones is 1. The topological polar surface area (TPSA) is 32.3 Å². The summed E-state index contributed by atoms with van der Waals surface area (Å²) in [6, 6.07) is -0.0487. The molecule has 3 rings (SSSR count). The third kappa shape index (κ3) is 3.57. The number of rotatable bonds is 5. The molecule has 3 nitrogen and oxygen atoms in total. The van der Waals surface area contributed by atoms with Gasteiger partial charge in [-0.2, -0.15) is 0 Å². The summed E-state index contributed by atoms with van der Waals surface area (Å²) in [5, 5.41) is 3.18. The van der Waals surface area contributed by atoms with Gasteiger partial charge in [-0.05, 0) is 63.0 Å². The van der Waals surface area contributed by atoms with Crippen molar-refractivity contribution >= 4 is 5.78 Å². The minimum Gasteiger partial charge on any atom is -0.378 e. The molecule has 1 N–H and O–H groups in total. The van der Waals surface area contributed by atoms with E-state index in [1.807, 2.05) is 12.3 Å². The second kappa shape index (κ2) is 6.78. The molecule has 0 amide bonds. The fourth-order valence-corrected chi connectivity index (χ4v) is 4.03. The zero-order valence-corrected chi connectivity index (χ0v) is 13.2.